The van der Waals surface area contributed by atoms with Crippen molar-refractivity contribution in [2.24, 2.45) is 0 Å². The summed E-state index contributed by atoms with van der Waals surface area (Å²) in [5.41, 5.74) is 1.08. The molecule has 1 amide bonds. The lowest BCUT2D eigenvalue weighted by molar-refractivity contribution is -0.0999. The second-order valence-corrected chi connectivity index (χ2v) is 7.70. The molecular weight excluding hydrogens is 411 g/mol. The maximum Gasteiger partial charge on any atom is 0.482 e. The van der Waals surface area contributed by atoms with Crippen LogP contribution in [-0.2, 0) is 11.3 Å². The molecule has 3 rings (SSSR count). The van der Waals surface area contributed by atoms with Gasteiger partial charge in [-0.3, -0.25) is 5.32 Å². The first kappa shape index (κ1) is 22.0. The van der Waals surface area contributed by atoms with Gasteiger partial charge in [-0.1, -0.05) is 6.07 Å². The van der Waals surface area contributed by atoms with Gasteiger partial charge in [0, 0.05) is 11.1 Å². The summed E-state index contributed by atoms with van der Waals surface area (Å²) in [7, 11) is 0. The molecule has 0 bridgehead atoms. The van der Waals surface area contributed by atoms with Crippen LogP contribution in [0.25, 0.3) is 16.6 Å². The van der Waals surface area contributed by atoms with Crippen molar-refractivity contribution in [1.29, 1.82) is 5.26 Å². The molecule has 10 heteroatoms. The van der Waals surface area contributed by atoms with Gasteiger partial charge in [0.2, 0.25) is 0 Å². The molecule has 1 aromatic heterocycles. The highest BCUT2D eigenvalue weighted by Crippen LogP contribution is 2.27. The van der Waals surface area contributed by atoms with Crippen LogP contribution in [0.15, 0.2) is 42.5 Å². The molecule has 162 valence electrons. The summed E-state index contributed by atoms with van der Waals surface area (Å²) in [6, 6.07) is 12.7. The molecule has 7 nitrogen and oxygen atoms in total. The summed E-state index contributed by atoms with van der Waals surface area (Å²) in [6.45, 7) is 5.22. The molecule has 0 aliphatic heterocycles. The first-order valence-electron chi connectivity index (χ1n) is 9.30. The van der Waals surface area contributed by atoms with E-state index in [-0.39, 0.29) is 12.2 Å². The normalized spacial score (nSPS) is 11.8. The summed E-state index contributed by atoms with van der Waals surface area (Å²) in [5, 5.41) is 18.6. The van der Waals surface area contributed by atoms with Crippen LogP contribution >= 0.6 is 0 Å². The van der Waals surface area contributed by atoms with Gasteiger partial charge in [-0.15, -0.1) is 0 Å². The van der Waals surface area contributed by atoms with Gasteiger partial charge in [0.15, 0.2) is 0 Å². The number of carbonyl (C=O) groups is 1. The highest BCUT2D eigenvalue weighted by Gasteiger charge is 2.27. The minimum Gasteiger partial charge on any atom is -0.444 e. The zero-order chi connectivity index (χ0) is 22.8. The maximum absolute atomic E-state index is 12.5. The lowest BCUT2D eigenvalue weighted by Gasteiger charge is -2.19. The molecule has 0 unspecified atom stereocenters. The Morgan fingerprint density at radius 1 is 1.16 bits per heavy atom. The molecule has 0 saturated carbocycles. The van der Waals surface area contributed by atoms with Gasteiger partial charge in [0.05, 0.1) is 35.1 Å². The van der Waals surface area contributed by atoms with Gasteiger partial charge in [-0.2, -0.15) is 23.5 Å². The monoisotopic (exact) mass is 431 g/mol. The van der Waals surface area contributed by atoms with Crippen LogP contribution in [0.3, 0.4) is 0 Å². The molecule has 2 N–H and O–H groups in total. The summed E-state index contributed by atoms with van der Waals surface area (Å²) >= 11 is 0. The van der Waals surface area contributed by atoms with Crippen LogP contribution in [-0.4, -0.2) is 27.8 Å². The molecule has 1 heterocycles. The molecule has 0 saturated heterocycles. The standard InChI is InChI=1S/C21H20F3N5O2/c1-20(2,3)31-19(30)26-12-16-18-13(11-25)5-4-6-17(18)29(28-16)15-9-7-14(8-10-15)27-21(22,23)24/h4-10,27H,12H2,1-3H3,(H,26,30). The van der Waals surface area contributed by atoms with Gasteiger partial charge >= 0.3 is 12.4 Å². The number of nitrogens with one attached hydrogen (secondary N) is 2. The second-order valence-electron chi connectivity index (χ2n) is 7.70. The lowest BCUT2D eigenvalue weighted by Crippen LogP contribution is -2.32. The number of aromatic nitrogens is 2. The number of alkyl halides is 3. The number of rotatable bonds is 4. The number of carbonyl (C=O) groups excluding carboxylic acids is 1. The number of hydrogen-bond acceptors (Lipinski definition) is 5. The number of ether oxygens (including phenoxy) is 1. The number of benzene rings is 2. The topological polar surface area (TPSA) is 92.0 Å². The Labute approximate surface area is 176 Å². The quantitative estimate of drug-likeness (QED) is 0.576. The Kier molecular flexibility index (Phi) is 5.79. The fourth-order valence-electron chi connectivity index (χ4n) is 2.98. The third kappa shape index (κ3) is 5.45. The van der Waals surface area contributed by atoms with Gasteiger partial charge in [-0.25, -0.2) is 9.48 Å². The highest BCUT2D eigenvalue weighted by molar-refractivity contribution is 5.89. The molecule has 0 spiro atoms. The number of nitrogens with zero attached hydrogens (tertiary/aromatic N) is 3. The average molecular weight is 431 g/mol. The molecular formula is C21H20F3N5O2. The smallest absolute Gasteiger partial charge is 0.444 e. The van der Waals surface area contributed by atoms with Gasteiger partial charge in [0.1, 0.15) is 5.60 Å². The highest BCUT2D eigenvalue weighted by atomic mass is 19.4. The van der Waals surface area contributed by atoms with Crippen LogP contribution in [0.1, 0.15) is 32.0 Å². The summed E-state index contributed by atoms with van der Waals surface area (Å²) in [4.78, 5) is 12.0. The van der Waals surface area contributed by atoms with E-state index in [9.17, 15) is 23.2 Å². The van der Waals surface area contributed by atoms with Gasteiger partial charge in [0.25, 0.3) is 0 Å². The number of anilines is 1. The Bertz CT molecular complexity index is 1140. The zero-order valence-electron chi connectivity index (χ0n) is 17.0. The van der Waals surface area contributed by atoms with E-state index < -0.39 is 18.0 Å². The number of halogens is 3. The molecule has 0 aliphatic rings. The summed E-state index contributed by atoms with van der Waals surface area (Å²) in [6.07, 6.45) is -5.17. The van der Waals surface area contributed by atoms with Crippen molar-refractivity contribution in [3.8, 4) is 11.8 Å². The van der Waals surface area contributed by atoms with Crippen molar-refractivity contribution in [3.63, 3.8) is 0 Å². The van der Waals surface area contributed by atoms with Gasteiger partial charge < -0.3 is 10.1 Å². The Morgan fingerprint density at radius 2 is 1.84 bits per heavy atom. The van der Waals surface area contributed by atoms with Crippen LogP contribution < -0.4 is 10.6 Å². The average Bonchev–Trinajstić information content (AvgIpc) is 3.03. The van der Waals surface area contributed by atoms with E-state index in [1.807, 2.05) is 0 Å². The van der Waals surface area contributed by atoms with E-state index in [1.54, 1.807) is 39.0 Å². The van der Waals surface area contributed by atoms with Crippen molar-refractivity contribution in [1.82, 2.24) is 15.1 Å². The Balaban J connectivity index is 1.96. The van der Waals surface area contributed by atoms with Crippen LogP contribution in [0.4, 0.5) is 23.7 Å². The molecule has 0 fully saturated rings. The van der Waals surface area contributed by atoms with Crippen LogP contribution in [0.2, 0.25) is 0 Å². The number of nitriles is 1. The summed E-state index contributed by atoms with van der Waals surface area (Å²) < 4.78 is 44.3. The fraction of sp³-hybridized carbons (Fsp3) is 0.286. The Hall–Kier alpha value is -3.74. The van der Waals surface area contributed by atoms with Crippen LogP contribution in [0.5, 0.6) is 0 Å². The third-order valence-electron chi connectivity index (χ3n) is 4.10. The van der Waals surface area contributed by atoms with E-state index in [4.69, 9.17) is 4.74 Å². The number of amides is 1. The molecule has 2 aromatic carbocycles. The predicted octanol–water partition coefficient (Wildman–Crippen LogP) is 4.85. The van der Waals surface area contributed by atoms with Crippen molar-refractivity contribution in [2.45, 2.75) is 39.2 Å². The predicted molar refractivity (Wildman–Crippen MR) is 109 cm³/mol. The number of fused-ring (bicyclic) bond motifs is 1. The minimum atomic E-state index is -4.54. The molecule has 0 radical (unpaired) electrons. The lowest BCUT2D eigenvalue weighted by atomic mass is 10.1. The molecule has 3 aromatic rings. The molecule has 0 aliphatic carbocycles. The maximum atomic E-state index is 12.5. The summed E-state index contributed by atoms with van der Waals surface area (Å²) in [5.74, 6) is 0. The van der Waals surface area contributed by atoms with Crippen molar-refractivity contribution < 1.29 is 22.7 Å². The SMILES string of the molecule is CC(C)(C)OC(=O)NCc1nn(-c2ccc(NC(F)(F)F)cc2)c2cccc(C#N)c12. The number of hydrogen-bond donors (Lipinski definition) is 2. The molecule has 31 heavy (non-hydrogen) atoms. The van der Waals surface area contributed by atoms with Crippen molar-refractivity contribution >= 4 is 22.7 Å². The first-order chi connectivity index (χ1) is 14.5. The number of alkyl carbamates (subject to hydrolysis) is 1. The van der Waals surface area contributed by atoms with Crippen molar-refractivity contribution in [2.75, 3.05) is 5.32 Å². The zero-order valence-corrected chi connectivity index (χ0v) is 17.0. The largest absolute Gasteiger partial charge is 0.482 e. The van der Waals surface area contributed by atoms with Gasteiger partial charge in [-0.05, 0) is 57.2 Å². The van der Waals surface area contributed by atoms with E-state index in [1.165, 1.54) is 34.3 Å². The second kappa shape index (κ2) is 8.18. The van der Waals surface area contributed by atoms with E-state index >= 15 is 0 Å². The first-order valence-corrected chi connectivity index (χ1v) is 9.30. The van der Waals surface area contributed by atoms with E-state index in [2.05, 4.69) is 16.5 Å². The van der Waals surface area contributed by atoms with Crippen molar-refractivity contribution in [3.05, 3.63) is 53.7 Å². The minimum absolute atomic E-state index is 0.00478. The fourth-order valence-corrected chi connectivity index (χ4v) is 2.98. The van der Waals surface area contributed by atoms with E-state index in [0.717, 1.165) is 0 Å². The Morgan fingerprint density at radius 3 is 2.42 bits per heavy atom. The molecule has 0 atom stereocenters. The van der Waals surface area contributed by atoms with Crippen LogP contribution in [0, 0.1) is 11.3 Å². The van der Waals surface area contributed by atoms with E-state index in [0.29, 0.717) is 27.8 Å². The third-order valence-corrected chi connectivity index (χ3v) is 4.10.